The SMILES string of the molecule is CC(CC(N)=S)N(CCO)CCO. The van der Waals surface area contributed by atoms with Gasteiger partial charge in [0.25, 0.3) is 0 Å². The number of hydrogen-bond acceptors (Lipinski definition) is 4. The Morgan fingerprint density at radius 1 is 1.38 bits per heavy atom. The van der Waals surface area contributed by atoms with E-state index in [0.29, 0.717) is 24.5 Å². The average molecular weight is 206 g/mol. The third-order valence-corrected chi connectivity index (χ3v) is 2.06. The lowest BCUT2D eigenvalue weighted by molar-refractivity contribution is 0.131. The first-order valence-electron chi connectivity index (χ1n) is 4.36. The van der Waals surface area contributed by atoms with Crippen LogP contribution in [0, 0.1) is 0 Å². The minimum atomic E-state index is 0.0850. The molecule has 4 nitrogen and oxygen atoms in total. The van der Waals surface area contributed by atoms with Crippen molar-refractivity contribution in [2.75, 3.05) is 26.3 Å². The van der Waals surface area contributed by atoms with E-state index in [1.165, 1.54) is 0 Å². The summed E-state index contributed by atoms with van der Waals surface area (Å²) in [4.78, 5) is 2.42. The first-order chi connectivity index (χ1) is 6.11. The van der Waals surface area contributed by atoms with E-state index in [0.717, 1.165) is 0 Å². The number of rotatable bonds is 7. The van der Waals surface area contributed by atoms with Crippen LogP contribution in [0.5, 0.6) is 0 Å². The quantitative estimate of drug-likeness (QED) is 0.482. The molecule has 0 bridgehead atoms. The number of nitrogens with zero attached hydrogens (tertiary/aromatic N) is 1. The van der Waals surface area contributed by atoms with Gasteiger partial charge in [0.2, 0.25) is 0 Å². The van der Waals surface area contributed by atoms with E-state index in [1.54, 1.807) is 0 Å². The first-order valence-corrected chi connectivity index (χ1v) is 4.76. The molecule has 0 heterocycles. The summed E-state index contributed by atoms with van der Waals surface area (Å²) in [6.07, 6.45) is 0.620. The van der Waals surface area contributed by atoms with Gasteiger partial charge in [-0.3, -0.25) is 4.90 Å². The van der Waals surface area contributed by atoms with Crippen molar-refractivity contribution in [2.24, 2.45) is 5.73 Å². The number of nitrogens with two attached hydrogens (primary N) is 1. The van der Waals surface area contributed by atoms with Gasteiger partial charge in [-0.1, -0.05) is 12.2 Å². The highest BCUT2D eigenvalue weighted by Crippen LogP contribution is 2.02. The summed E-state index contributed by atoms with van der Waals surface area (Å²) in [5, 5.41) is 17.5. The van der Waals surface area contributed by atoms with Crippen molar-refractivity contribution >= 4 is 17.2 Å². The van der Waals surface area contributed by atoms with Gasteiger partial charge in [0.1, 0.15) is 0 Å². The molecule has 0 aromatic heterocycles. The molecule has 0 saturated carbocycles. The van der Waals surface area contributed by atoms with E-state index in [9.17, 15) is 0 Å². The van der Waals surface area contributed by atoms with Crippen LogP contribution >= 0.6 is 12.2 Å². The standard InChI is InChI=1S/C8H18N2O2S/c1-7(6-8(9)13)10(2-4-11)3-5-12/h7,11-12H,2-6H2,1H3,(H2,9,13). The molecule has 4 N–H and O–H groups in total. The monoisotopic (exact) mass is 206 g/mol. The van der Waals surface area contributed by atoms with Crippen LogP contribution in [0.2, 0.25) is 0 Å². The zero-order valence-corrected chi connectivity index (χ0v) is 8.76. The second-order valence-electron chi connectivity index (χ2n) is 3.00. The summed E-state index contributed by atoms with van der Waals surface area (Å²) in [5.74, 6) is 0. The highest BCUT2D eigenvalue weighted by Gasteiger charge is 2.12. The van der Waals surface area contributed by atoms with Crippen LogP contribution in [0.4, 0.5) is 0 Å². The number of hydrogen-bond donors (Lipinski definition) is 3. The smallest absolute Gasteiger partial charge is 0.0742 e. The number of aliphatic hydroxyl groups excluding tert-OH is 2. The molecule has 0 fully saturated rings. The number of aliphatic hydroxyl groups is 2. The molecule has 0 aromatic carbocycles. The lowest BCUT2D eigenvalue weighted by Gasteiger charge is -2.27. The molecule has 78 valence electrons. The lowest BCUT2D eigenvalue weighted by atomic mass is 10.2. The molecule has 0 aliphatic carbocycles. The minimum absolute atomic E-state index is 0.0850. The Morgan fingerprint density at radius 2 is 1.85 bits per heavy atom. The third-order valence-electron chi connectivity index (χ3n) is 1.89. The molecule has 1 unspecified atom stereocenters. The van der Waals surface area contributed by atoms with Gasteiger partial charge in [0.05, 0.1) is 18.2 Å². The van der Waals surface area contributed by atoms with Crippen LogP contribution in [-0.4, -0.2) is 52.4 Å². The Balaban J connectivity index is 3.93. The predicted molar refractivity (Wildman–Crippen MR) is 56.6 cm³/mol. The van der Waals surface area contributed by atoms with Crippen molar-refractivity contribution in [3.63, 3.8) is 0 Å². The zero-order valence-electron chi connectivity index (χ0n) is 7.94. The minimum Gasteiger partial charge on any atom is -0.395 e. The maximum atomic E-state index is 8.76. The summed E-state index contributed by atoms with van der Waals surface area (Å²) in [7, 11) is 0. The van der Waals surface area contributed by atoms with Crippen LogP contribution in [-0.2, 0) is 0 Å². The van der Waals surface area contributed by atoms with Crippen molar-refractivity contribution < 1.29 is 10.2 Å². The largest absolute Gasteiger partial charge is 0.395 e. The van der Waals surface area contributed by atoms with Crippen LogP contribution in [0.15, 0.2) is 0 Å². The van der Waals surface area contributed by atoms with Gasteiger partial charge in [0, 0.05) is 25.6 Å². The highest BCUT2D eigenvalue weighted by molar-refractivity contribution is 7.80. The van der Waals surface area contributed by atoms with Gasteiger partial charge < -0.3 is 15.9 Å². The van der Waals surface area contributed by atoms with Crippen LogP contribution in [0.25, 0.3) is 0 Å². The predicted octanol–water partition coefficient (Wildman–Crippen LogP) is -0.662. The van der Waals surface area contributed by atoms with Gasteiger partial charge in [-0.25, -0.2) is 0 Å². The molecule has 0 saturated heterocycles. The van der Waals surface area contributed by atoms with E-state index >= 15 is 0 Å². The first kappa shape index (κ1) is 12.8. The summed E-state index contributed by atoms with van der Waals surface area (Å²) < 4.78 is 0. The van der Waals surface area contributed by atoms with E-state index in [-0.39, 0.29) is 19.3 Å². The van der Waals surface area contributed by atoms with Crippen molar-refractivity contribution in [1.29, 1.82) is 0 Å². The van der Waals surface area contributed by atoms with Crippen LogP contribution in [0.3, 0.4) is 0 Å². The molecule has 0 spiro atoms. The van der Waals surface area contributed by atoms with Gasteiger partial charge in [-0.2, -0.15) is 0 Å². The molecular weight excluding hydrogens is 188 g/mol. The van der Waals surface area contributed by atoms with Gasteiger partial charge in [-0.15, -0.1) is 0 Å². The number of thiocarbonyl (C=S) groups is 1. The van der Waals surface area contributed by atoms with Crippen molar-refractivity contribution in [1.82, 2.24) is 4.90 Å². The summed E-state index contributed by atoms with van der Waals surface area (Å²) in [5.41, 5.74) is 5.40. The average Bonchev–Trinajstić information content (AvgIpc) is 2.02. The summed E-state index contributed by atoms with van der Waals surface area (Å²) in [6.45, 7) is 3.24. The maximum Gasteiger partial charge on any atom is 0.0742 e. The molecule has 0 radical (unpaired) electrons. The van der Waals surface area contributed by atoms with Gasteiger partial charge in [-0.05, 0) is 6.92 Å². The fraction of sp³-hybridized carbons (Fsp3) is 0.875. The normalized spacial score (nSPS) is 13.2. The molecule has 0 aliphatic heterocycles. The Kier molecular flexibility index (Phi) is 7.07. The fourth-order valence-electron chi connectivity index (χ4n) is 1.23. The fourth-order valence-corrected chi connectivity index (χ4v) is 1.47. The van der Waals surface area contributed by atoms with Crippen LogP contribution in [0.1, 0.15) is 13.3 Å². The maximum absolute atomic E-state index is 8.76. The van der Waals surface area contributed by atoms with E-state index in [1.807, 2.05) is 11.8 Å². The second-order valence-corrected chi connectivity index (χ2v) is 3.53. The summed E-state index contributed by atoms with van der Waals surface area (Å²) >= 11 is 4.79. The van der Waals surface area contributed by atoms with Crippen molar-refractivity contribution in [3.8, 4) is 0 Å². The van der Waals surface area contributed by atoms with Gasteiger partial charge >= 0.3 is 0 Å². The molecule has 0 aromatic rings. The second kappa shape index (κ2) is 7.20. The van der Waals surface area contributed by atoms with E-state index < -0.39 is 0 Å². The Labute approximate surface area is 84.3 Å². The topological polar surface area (TPSA) is 69.7 Å². The van der Waals surface area contributed by atoms with Crippen LogP contribution < -0.4 is 5.73 Å². The van der Waals surface area contributed by atoms with Crippen molar-refractivity contribution in [3.05, 3.63) is 0 Å². The lowest BCUT2D eigenvalue weighted by Crippen LogP contribution is -2.39. The Bertz CT molecular complexity index is 149. The Morgan fingerprint density at radius 3 is 2.15 bits per heavy atom. The Hall–Kier alpha value is -0.230. The molecule has 1 atom stereocenters. The molecule has 0 aliphatic rings. The summed E-state index contributed by atoms with van der Waals surface area (Å²) in [6, 6.07) is 0.178. The molecule has 5 heteroatoms. The molecule has 13 heavy (non-hydrogen) atoms. The van der Waals surface area contributed by atoms with E-state index in [2.05, 4.69) is 0 Å². The van der Waals surface area contributed by atoms with Gasteiger partial charge in [0.15, 0.2) is 0 Å². The van der Waals surface area contributed by atoms with Crippen molar-refractivity contribution in [2.45, 2.75) is 19.4 Å². The zero-order chi connectivity index (χ0) is 10.3. The highest BCUT2D eigenvalue weighted by atomic mass is 32.1. The molecule has 0 rings (SSSR count). The third kappa shape index (κ3) is 5.93. The molecule has 0 amide bonds. The molecular formula is C8H18N2O2S. The van der Waals surface area contributed by atoms with E-state index in [4.69, 9.17) is 28.2 Å².